The van der Waals surface area contributed by atoms with Crippen molar-refractivity contribution in [3.8, 4) is 0 Å². The number of aryl methyl sites for hydroxylation is 2. The second kappa shape index (κ2) is 6.59. The number of hydrogen-bond donors (Lipinski definition) is 2. The Kier molecular flexibility index (Phi) is 4.64. The van der Waals surface area contributed by atoms with Crippen molar-refractivity contribution < 1.29 is 13.2 Å². The summed E-state index contributed by atoms with van der Waals surface area (Å²) in [5, 5.41) is 3.86. The van der Waals surface area contributed by atoms with Gasteiger partial charge in [0.05, 0.1) is 9.77 Å². The van der Waals surface area contributed by atoms with Gasteiger partial charge in [0, 0.05) is 10.4 Å². The van der Waals surface area contributed by atoms with Crippen LogP contribution in [0.1, 0.15) is 20.8 Å². The largest absolute Gasteiger partial charge is 0.321 e. The maximum absolute atomic E-state index is 12.7. The minimum atomic E-state index is -3.58. The number of benzene rings is 2. The molecule has 130 valence electrons. The zero-order valence-electron chi connectivity index (χ0n) is 14.1. The first kappa shape index (κ1) is 17.6. The van der Waals surface area contributed by atoms with Gasteiger partial charge in [0.2, 0.25) is 10.0 Å². The summed E-state index contributed by atoms with van der Waals surface area (Å²) in [6.45, 7) is 3.63. The van der Waals surface area contributed by atoms with E-state index in [4.69, 9.17) is 0 Å². The Balaban J connectivity index is 1.95. The molecule has 0 radical (unpaired) electrons. The number of carbonyl (C=O) groups excluding carboxylic acids is 1. The molecule has 0 aliphatic heterocycles. The summed E-state index contributed by atoms with van der Waals surface area (Å²) in [4.78, 5) is 13.4. The number of thiophene rings is 1. The standard InChI is InChI=1S/C18H18N2O3S2/c1-11-8-9-13(10-16(11)25(22,23)19-3)20-18(21)17-12(2)14-6-4-5-7-15(14)24-17/h4-10,19H,1-3H3,(H,20,21). The van der Waals surface area contributed by atoms with Crippen LogP contribution in [0.4, 0.5) is 5.69 Å². The highest BCUT2D eigenvalue weighted by Crippen LogP contribution is 2.31. The fourth-order valence-electron chi connectivity index (χ4n) is 2.66. The summed E-state index contributed by atoms with van der Waals surface area (Å²) >= 11 is 1.43. The lowest BCUT2D eigenvalue weighted by atomic mass is 10.1. The van der Waals surface area contributed by atoms with Gasteiger partial charge in [0.15, 0.2) is 0 Å². The highest BCUT2D eigenvalue weighted by molar-refractivity contribution is 7.89. The summed E-state index contributed by atoms with van der Waals surface area (Å²) < 4.78 is 27.5. The monoisotopic (exact) mass is 374 g/mol. The Bertz CT molecular complexity index is 1070. The number of nitrogens with one attached hydrogen (secondary N) is 2. The summed E-state index contributed by atoms with van der Waals surface area (Å²) in [6, 6.07) is 12.7. The fourth-order valence-corrected chi connectivity index (χ4v) is 4.75. The minimum Gasteiger partial charge on any atom is -0.321 e. The number of anilines is 1. The summed E-state index contributed by atoms with van der Waals surface area (Å²) in [7, 11) is -2.22. The predicted octanol–water partition coefficient (Wildman–Crippen LogP) is 3.68. The van der Waals surface area contributed by atoms with E-state index in [2.05, 4.69) is 10.0 Å². The molecule has 1 amide bonds. The van der Waals surface area contributed by atoms with E-state index < -0.39 is 10.0 Å². The number of carbonyl (C=O) groups is 1. The quantitative estimate of drug-likeness (QED) is 0.731. The molecule has 0 aliphatic carbocycles. The maximum Gasteiger partial charge on any atom is 0.266 e. The first-order chi connectivity index (χ1) is 11.8. The van der Waals surface area contributed by atoms with Crippen molar-refractivity contribution in [2.45, 2.75) is 18.7 Å². The molecule has 0 unspecified atom stereocenters. The van der Waals surface area contributed by atoms with Gasteiger partial charge >= 0.3 is 0 Å². The van der Waals surface area contributed by atoms with Gasteiger partial charge in [0.25, 0.3) is 5.91 Å². The van der Waals surface area contributed by atoms with Crippen LogP contribution >= 0.6 is 11.3 Å². The molecule has 0 spiro atoms. The zero-order chi connectivity index (χ0) is 18.2. The van der Waals surface area contributed by atoms with Crippen molar-refractivity contribution >= 4 is 43.0 Å². The van der Waals surface area contributed by atoms with Gasteiger partial charge in [-0.15, -0.1) is 11.3 Å². The van der Waals surface area contributed by atoms with Crippen molar-refractivity contribution in [2.24, 2.45) is 0 Å². The second-order valence-electron chi connectivity index (χ2n) is 5.69. The van der Waals surface area contributed by atoms with E-state index in [0.717, 1.165) is 15.6 Å². The molecule has 0 bridgehead atoms. The molecule has 7 heteroatoms. The number of fused-ring (bicyclic) bond motifs is 1. The van der Waals surface area contributed by atoms with E-state index in [1.54, 1.807) is 19.1 Å². The Morgan fingerprint density at radius 2 is 1.80 bits per heavy atom. The maximum atomic E-state index is 12.7. The minimum absolute atomic E-state index is 0.154. The highest BCUT2D eigenvalue weighted by atomic mass is 32.2. The van der Waals surface area contributed by atoms with Gasteiger partial charge < -0.3 is 5.32 Å². The Hall–Kier alpha value is -2.22. The van der Waals surface area contributed by atoms with Crippen molar-refractivity contribution in [1.29, 1.82) is 0 Å². The van der Waals surface area contributed by atoms with E-state index in [1.807, 2.05) is 31.2 Å². The Morgan fingerprint density at radius 1 is 1.08 bits per heavy atom. The summed E-state index contributed by atoms with van der Waals surface area (Å²) in [5.74, 6) is -0.240. The molecule has 0 atom stereocenters. The van der Waals surface area contributed by atoms with Gasteiger partial charge in [-0.2, -0.15) is 0 Å². The Morgan fingerprint density at radius 3 is 2.48 bits per heavy atom. The molecule has 1 heterocycles. The molecule has 5 nitrogen and oxygen atoms in total. The third-order valence-electron chi connectivity index (χ3n) is 4.05. The number of hydrogen-bond acceptors (Lipinski definition) is 4. The summed E-state index contributed by atoms with van der Waals surface area (Å²) in [6.07, 6.45) is 0. The molecule has 25 heavy (non-hydrogen) atoms. The number of amides is 1. The van der Waals surface area contributed by atoms with E-state index >= 15 is 0 Å². The van der Waals surface area contributed by atoms with E-state index in [-0.39, 0.29) is 10.8 Å². The normalized spacial score (nSPS) is 11.6. The average molecular weight is 374 g/mol. The zero-order valence-corrected chi connectivity index (χ0v) is 15.7. The van der Waals surface area contributed by atoms with Crippen LogP contribution in [0, 0.1) is 13.8 Å². The molecule has 3 aromatic rings. The van der Waals surface area contributed by atoms with Crippen LogP contribution in [0.25, 0.3) is 10.1 Å². The van der Waals surface area contributed by atoms with E-state index in [1.165, 1.54) is 24.5 Å². The van der Waals surface area contributed by atoms with Gasteiger partial charge in [0.1, 0.15) is 0 Å². The van der Waals surface area contributed by atoms with Gasteiger partial charge in [-0.1, -0.05) is 24.3 Å². The lowest BCUT2D eigenvalue weighted by Gasteiger charge is -2.10. The molecular formula is C18H18N2O3S2. The van der Waals surface area contributed by atoms with E-state index in [9.17, 15) is 13.2 Å². The molecule has 0 saturated heterocycles. The topological polar surface area (TPSA) is 75.3 Å². The third kappa shape index (κ3) is 3.30. The molecule has 0 fully saturated rings. The van der Waals surface area contributed by atoms with E-state index in [0.29, 0.717) is 16.1 Å². The van der Waals surface area contributed by atoms with Crippen LogP contribution in [-0.4, -0.2) is 21.4 Å². The molecule has 2 N–H and O–H groups in total. The smallest absolute Gasteiger partial charge is 0.266 e. The van der Waals surface area contributed by atoms with Gasteiger partial charge in [-0.25, -0.2) is 13.1 Å². The van der Waals surface area contributed by atoms with Crippen molar-refractivity contribution in [3.63, 3.8) is 0 Å². The average Bonchev–Trinajstić information content (AvgIpc) is 2.94. The fraction of sp³-hybridized carbons (Fsp3) is 0.167. The summed E-state index contributed by atoms with van der Waals surface area (Å²) in [5.41, 5.74) is 1.99. The SMILES string of the molecule is CNS(=O)(=O)c1cc(NC(=O)c2sc3ccccc3c2C)ccc1C. The van der Waals surface area contributed by atoms with Crippen molar-refractivity contribution in [1.82, 2.24) is 4.72 Å². The molecule has 2 aromatic carbocycles. The van der Waals surface area contributed by atoms with Crippen molar-refractivity contribution in [2.75, 3.05) is 12.4 Å². The van der Waals surface area contributed by atoms with Crippen LogP contribution in [0.2, 0.25) is 0 Å². The number of sulfonamides is 1. The second-order valence-corrected chi connectivity index (χ2v) is 8.60. The van der Waals surface area contributed by atoms with Crippen LogP contribution in [0.3, 0.4) is 0 Å². The van der Waals surface area contributed by atoms with Crippen LogP contribution in [0.5, 0.6) is 0 Å². The van der Waals surface area contributed by atoms with Gasteiger partial charge in [-0.3, -0.25) is 4.79 Å². The van der Waals surface area contributed by atoms with Crippen LogP contribution in [0.15, 0.2) is 47.4 Å². The molecule has 1 aromatic heterocycles. The molecule has 3 rings (SSSR count). The molecular weight excluding hydrogens is 356 g/mol. The predicted molar refractivity (Wildman–Crippen MR) is 102 cm³/mol. The highest BCUT2D eigenvalue weighted by Gasteiger charge is 2.18. The first-order valence-electron chi connectivity index (χ1n) is 7.67. The van der Waals surface area contributed by atoms with Crippen molar-refractivity contribution in [3.05, 3.63) is 58.5 Å². The first-order valence-corrected chi connectivity index (χ1v) is 9.97. The van der Waals surface area contributed by atoms with Crippen LogP contribution in [-0.2, 0) is 10.0 Å². The lowest BCUT2D eigenvalue weighted by molar-refractivity contribution is 0.103. The third-order valence-corrected chi connectivity index (χ3v) is 6.88. The molecule has 0 aliphatic rings. The Labute approximate surface area is 150 Å². The molecule has 0 saturated carbocycles. The lowest BCUT2D eigenvalue weighted by Crippen LogP contribution is -2.20. The van der Waals surface area contributed by atoms with Crippen LogP contribution < -0.4 is 10.0 Å². The van der Waals surface area contributed by atoms with Gasteiger partial charge in [-0.05, 0) is 55.6 Å². The number of rotatable bonds is 4.